The number of fused-ring (bicyclic) bond motifs is 1. The van der Waals surface area contributed by atoms with Crippen LogP contribution in [0.5, 0.6) is 0 Å². The Bertz CT molecular complexity index is 784. The zero-order valence-electron chi connectivity index (χ0n) is 14.4. The molecule has 0 spiro atoms. The molecule has 1 atom stereocenters. The van der Waals surface area contributed by atoms with Crippen LogP contribution in [0.25, 0.3) is 0 Å². The topological polar surface area (TPSA) is 94.3 Å². The number of hydrogen-bond donors (Lipinski definition) is 1. The summed E-state index contributed by atoms with van der Waals surface area (Å²) in [4.78, 5) is 33.3. The highest BCUT2D eigenvalue weighted by Gasteiger charge is 2.30. The van der Waals surface area contributed by atoms with Crippen LogP contribution < -0.4 is 5.32 Å². The van der Waals surface area contributed by atoms with Gasteiger partial charge in [0.15, 0.2) is 5.89 Å². The minimum atomic E-state index is -0.608. The third-order valence-corrected chi connectivity index (χ3v) is 4.19. The van der Waals surface area contributed by atoms with E-state index in [0.717, 1.165) is 24.1 Å². The summed E-state index contributed by atoms with van der Waals surface area (Å²) in [6.07, 6.45) is 4.75. The lowest BCUT2D eigenvalue weighted by Gasteiger charge is -2.22. The summed E-state index contributed by atoms with van der Waals surface area (Å²) < 4.78 is 10.5. The zero-order chi connectivity index (χ0) is 17.8. The molecule has 0 saturated carbocycles. The average Bonchev–Trinajstić information content (AvgIpc) is 3.04. The summed E-state index contributed by atoms with van der Waals surface area (Å²) in [5.41, 5.74) is 1.88. The van der Waals surface area contributed by atoms with E-state index in [4.69, 9.17) is 9.15 Å². The van der Waals surface area contributed by atoms with Crippen molar-refractivity contribution in [3.63, 3.8) is 0 Å². The number of anilines is 1. The van der Waals surface area contributed by atoms with Gasteiger partial charge in [-0.2, -0.15) is 0 Å². The van der Waals surface area contributed by atoms with Crippen molar-refractivity contribution < 1.29 is 18.7 Å². The van der Waals surface area contributed by atoms with Crippen molar-refractivity contribution in [1.82, 2.24) is 9.97 Å². The Morgan fingerprint density at radius 3 is 3.00 bits per heavy atom. The fraction of sp³-hybridized carbons (Fsp3) is 0.444. The Morgan fingerprint density at radius 1 is 1.40 bits per heavy atom. The number of pyridine rings is 1. The molecule has 1 amide bonds. The Kier molecular flexibility index (Phi) is 5.11. The van der Waals surface area contributed by atoms with E-state index in [0.29, 0.717) is 18.7 Å². The first-order chi connectivity index (χ1) is 12.1. The lowest BCUT2D eigenvalue weighted by atomic mass is 9.86. The first-order valence-corrected chi connectivity index (χ1v) is 8.55. The van der Waals surface area contributed by atoms with E-state index in [1.165, 1.54) is 0 Å². The van der Waals surface area contributed by atoms with Gasteiger partial charge in [0.05, 0.1) is 18.2 Å². The van der Waals surface area contributed by atoms with Crippen LogP contribution in [0.1, 0.15) is 60.2 Å². The number of oxazole rings is 1. The maximum Gasteiger partial charge on any atom is 0.362 e. The number of rotatable bonds is 5. The van der Waals surface area contributed by atoms with E-state index < -0.39 is 5.97 Å². The Hall–Kier alpha value is -2.70. The van der Waals surface area contributed by atoms with Crippen molar-refractivity contribution in [1.29, 1.82) is 0 Å². The molecule has 0 radical (unpaired) electrons. The molecule has 0 fully saturated rings. The number of carbonyl (C=O) groups excluding carboxylic acids is 2. The highest BCUT2D eigenvalue weighted by molar-refractivity contribution is 6.00. The summed E-state index contributed by atoms with van der Waals surface area (Å²) in [6, 6.07) is 3.87. The normalized spacial score (nSPS) is 16.2. The highest BCUT2D eigenvalue weighted by Crippen LogP contribution is 2.31. The van der Waals surface area contributed by atoms with E-state index in [1.807, 2.05) is 19.1 Å². The quantitative estimate of drug-likeness (QED) is 0.839. The van der Waals surface area contributed by atoms with Gasteiger partial charge in [-0.05, 0) is 37.8 Å². The molecule has 2 heterocycles. The van der Waals surface area contributed by atoms with Crippen LogP contribution in [0, 0.1) is 0 Å². The second-order valence-corrected chi connectivity index (χ2v) is 5.84. The van der Waals surface area contributed by atoms with Gasteiger partial charge in [-0.1, -0.05) is 13.0 Å². The molecule has 0 saturated heterocycles. The molecule has 2 aromatic rings. The van der Waals surface area contributed by atoms with Crippen molar-refractivity contribution in [2.75, 3.05) is 11.9 Å². The first-order valence-electron chi connectivity index (χ1n) is 8.55. The molecule has 7 nitrogen and oxygen atoms in total. The smallest absolute Gasteiger partial charge is 0.362 e. The largest absolute Gasteiger partial charge is 0.461 e. The maximum atomic E-state index is 12.8. The molecule has 0 aliphatic heterocycles. The van der Waals surface area contributed by atoms with Gasteiger partial charge in [0.25, 0.3) is 0 Å². The van der Waals surface area contributed by atoms with E-state index in [1.54, 1.807) is 13.1 Å². The molecule has 132 valence electrons. The van der Waals surface area contributed by atoms with Crippen molar-refractivity contribution >= 4 is 17.8 Å². The second kappa shape index (κ2) is 7.46. The van der Waals surface area contributed by atoms with Crippen molar-refractivity contribution in [2.45, 2.75) is 45.4 Å². The van der Waals surface area contributed by atoms with Crippen LogP contribution in [0.15, 0.2) is 22.7 Å². The van der Waals surface area contributed by atoms with Gasteiger partial charge in [-0.3, -0.25) is 15.1 Å². The third kappa shape index (κ3) is 3.55. The number of nitrogens with one attached hydrogen (secondary N) is 1. The average molecular weight is 343 g/mol. The van der Waals surface area contributed by atoms with Crippen LogP contribution in [0.3, 0.4) is 0 Å². The van der Waals surface area contributed by atoms with Gasteiger partial charge in [-0.25, -0.2) is 9.78 Å². The second-order valence-electron chi connectivity index (χ2n) is 5.84. The highest BCUT2D eigenvalue weighted by atomic mass is 16.5. The van der Waals surface area contributed by atoms with E-state index in [-0.39, 0.29) is 30.0 Å². The minimum absolute atomic E-state index is 0.00380. The number of esters is 1. The minimum Gasteiger partial charge on any atom is -0.461 e. The molecule has 0 unspecified atom stereocenters. The summed E-state index contributed by atoms with van der Waals surface area (Å²) >= 11 is 0. The van der Waals surface area contributed by atoms with Gasteiger partial charge >= 0.3 is 5.97 Å². The predicted molar refractivity (Wildman–Crippen MR) is 90.4 cm³/mol. The summed E-state index contributed by atoms with van der Waals surface area (Å²) in [5.74, 6) is -0.800. The monoisotopic (exact) mass is 343 g/mol. The number of amides is 1. The van der Waals surface area contributed by atoms with Gasteiger partial charge in [0.1, 0.15) is 0 Å². The van der Waals surface area contributed by atoms with E-state index in [2.05, 4.69) is 15.3 Å². The number of aryl methyl sites for hydroxylation is 2. The molecule has 2 aromatic heterocycles. The number of hydrogen-bond acceptors (Lipinski definition) is 6. The van der Waals surface area contributed by atoms with Crippen molar-refractivity contribution in [3.8, 4) is 0 Å². The Morgan fingerprint density at radius 2 is 2.24 bits per heavy atom. The molecular weight excluding hydrogens is 322 g/mol. The summed E-state index contributed by atoms with van der Waals surface area (Å²) in [6.45, 7) is 3.79. The van der Waals surface area contributed by atoms with E-state index >= 15 is 0 Å². The lowest BCUT2D eigenvalue weighted by Crippen LogP contribution is -2.26. The number of nitrogens with zero attached hydrogens (tertiary/aromatic N) is 2. The Balaban J connectivity index is 1.84. The summed E-state index contributed by atoms with van der Waals surface area (Å²) in [7, 11) is 0. The molecule has 0 aromatic carbocycles. The summed E-state index contributed by atoms with van der Waals surface area (Å²) in [5, 5.41) is 2.71. The molecular formula is C18H21N3O4. The molecule has 1 N–H and O–H groups in total. The lowest BCUT2D eigenvalue weighted by molar-refractivity contribution is -0.118. The van der Waals surface area contributed by atoms with Crippen molar-refractivity contribution in [3.05, 3.63) is 41.2 Å². The van der Waals surface area contributed by atoms with Crippen LogP contribution in [-0.2, 0) is 22.4 Å². The number of aromatic nitrogens is 2. The van der Waals surface area contributed by atoms with Crippen LogP contribution in [0.4, 0.5) is 5.88 Å². The number of carbonyl (C=O) groups is 2. The van der Waals surface area contributed by atoms with Gasteiger partial charge in [-0.15, -0.1) is 0 Å². The van der Waals surface area contributed by atoms with Gasteiger partial charge in [0, 0.05) is 12.6 Å². The van der Waals surface area contributed by atoms with Crippen LogP contribution in [0.2, 0.25) is 0 Å². The Labute approximate surface area is 145 Å². The van der Waals surface area contributed by atoms with Crippen LogP contribution >= 0.6 is 0 Å². The molecule has 7 heteroatoms. The molecule has 25 heavy (non-hydrogen) atoms. The maximum absolute atomic E-state index is 12.8. The zero-order valence-corrected chi connectivity index (χ0v) is 14.4. The van der Waals surface area contributed by atoms with Crippen molar-refractivity contribution in [2.24, 2.45) is 0 Å². The molecule has 1 aliphatic carbocycles. The molecule has 0 bridgehead atoms. The van der Waals surface area contributed by atoms with Gasteiger partial charge in [0.2, 0.25) is 17.5 Å². The fourth-order valence-electron chi connectivity index (χ4n) is 3.00. The fourth-order valence-corrected chi connectivity index (χ4v) is 3.00. The molecule has 1 aliphatic rings. The van der Waals surface area contributed by atoms with Gasteiger partial charge < -0.3 is 9.15 Å². The SMILES string of the molecule is CCOC(=O)c1nc(CC)oc1NC(=O)[C@H]1CCCc2cccnc21. The molecule has 3 rings (SSSR count). The third-order valence-electron chi connectivity index (χ3n) is 4.19. The van der Waals surface area contributed by atoms with Crippen LogP contribution in [-0.4, -0.2) is 28.5 Å². The predicted octanol–water partition coefficient (Wildman–Crippen LogP) is 2.87. The first kappa shape index (κ1) is 17.1. The number of ether oxygens (including phenoxy) is 1. The van der Waals surface area contributed by atoms with E-state index in [9.17, 15) is 9.59 Å². The standard InChI is InChI=1S/C18H21N3O4/c1-3-13-20-15(18(23)24-4-2)17(25-13)21-16(22)12-9-5-7-11-8-6-10-19-14(11)12/h6,8,10,12H,3-5,7,9H2,1-2H3,(H,21,22)/t12-/m0/s1.